The van der Waals surface area contributed by atoms with Crippen LogP contribution in [0.2, 0.25) is 0 Å². The van der Waals surface area contributed by atoms with Gasteiger partial charge in [0.15, 0.2) is 6.10 Å². The first-order chi connectivity index (χ1) is 5.57. The predicted octanol–water partition coefficient (Wildman–Crippen LogP) is -0.208. The van der Waals surface area contributed by atoms with Crippen LogP contribution in [0, 0.1) is 0 Å². The van der Waals surface area contributed by atoms with Crippen LogP contribution in [0.25, 0.3) is 0 Å². The molecule has 4 atom stereocenters. The summed E-state index contributed by atoms with van der Waals surface area (Å²) in [5.74, 6) is -0.535. The van der Waals surface area contributed by atoms with Crippen LogP contribution in [0.1, 0.15) is 0 Å². The molecule has 1 aliphatic rings. The number of aliphatic hydroxyl groups excluding tert-OH is 2. The standard InChI is InChI=1S/C6H8Br2O4/c7-1-2(9)5-4(10)3(8)6(11)12-5/h2-5,9-10H,1H2/t2-,3+,4+,5-/m1/s1. The van der Waals surface area contributed by atoms with Crippen molar-refractivity contribution in [2.24, 2.45) is 0 Å². The molecule has 0 aromatic heterocycles. The van der Waals surface area contributed by atoms with Gasteiger partial charge in [-0.15, -0.1) is 0 Å². The topological polar surface area (TPSA) is 66.8 Å². The van der Waals surface area contributed by atoms with E-state index in [2.05, 4.69) is 31.9 Å². The van der Waals surface area contributed by atoms with E-state index >= 15 is 0 Å². The van der Waals surface area contributed by atoms with Gasteiger partial charge in [0.05, 0.1) is 0 Å². The average Bonchev–Trinajstić information content (AvgIpc) is 2.32. The van der Waals surface area contributed by atoms with Gasteiger partial charge in [0, 0.05) is 5.33 Å². The van der Waals surface area contributed by atoms with Crippen molar-refractivity contribution in [3.63, 3.8) is 0 Å². The molecule has 1 aliphatic heterocycles. The second kappa shape index (κ2) is 4.04. The van der Waals surface area contributed by atoms with Gasteiger partial charge in [-0.1, -0.05) is 31.9 Å². The van der Waals surface area contributed by atoms with E-state index in [9.17, 15) is 15.0 Å². The van der Waals surface area contributed by atoms with Crippen LogP contribution in [0.5, 0.6) is 0 Å². The number of aliphatic hydroxyl groups is 2. The first kappa shape index (κ1) is 10.4. The molecule has 0 unspecified atom stereocenters. The zero-order valence-electron chi connectivity index (χ0n) is 5.98. The lowest BCUT2D eigenvalue weighted by molar-refractivity contribution is -0.145. The summed E-state index contributed by atoms with van der Waals surface area (Å²) in [7, 11) is 0. The quantitative estimate of drug-likeness (QED) is 0.547. The molecule has 6 heteroatoms. The van der Waals surface area contributed by atoms with E-state index < -0.39 is 29.1 Å². The fourth-order valence-corrected chi connectivity index (χ4v) is 1.75. The molecule has 0 spiro atoms. The summed E-state index contributed by atoms with van der Waals surface area (Å²) < 4.78 is 4.72. The number of rotatable bonds is 2. The minimum atomic E-state index is -0.981. The van der Waals surface area contributed by atoms with Gasteiger partial charge < -0.3 is 14.9 Å². The minimum absolute atomic E-state index is 0.266. The van der Waals surface area contributed by atoms with Gasteiger partial charge >= 0.3 is 5.97 Å². The molecular formula is C6H8Br2O4. The first-order valence-electron chi connectivity index (χ1n) is 3.34. The van der Waals surface area contributed by atoms with E-state index in [1.165, 1.54) is 0 Å². The molecule has 1 heterocycles. The van der Waals surface area contributed by atoms with Crippen LogP contribution < -0.4 is 0 Å². The van der Waals surface area contributed by atoms with Gasteiger partial charge in [0.1, 0.15) is 17.0 Å². The summed E-state index contributed by atoms with van der Waals surface area (Å²) in [4.78, 5) is 10.1. The van der Waals surface area contributed by atoms with Crippen LogP contribution in [0.3, 0.4) is 0 Å². The maximum Gasteiger partial charge on any atom is 0.323 e. The zero-order chi connectivity index (χ0) is 9.30. The first-order valence-corrected chi connectivity index (χ1v) is 5.38. The van der Waals surface area contributed by atoms with Gasteiger partial charge in [0.2, 0.25) is 0 Å². The molecule has 1 fully saturated rings. The lowest BCUT2D eigenvalue weighted by Crippen LogP contribution is -2.37. The van der Waals surface area contributed by atoms with Crippen molar-refractivity contribution in [2.75, 3.05) is 5.33 Å². The molecule has 0 amide bonds. The number of esters is 1. The largest absolute Gasteiger partial charge is 0.456 e. The van der Waals surface area contributed by atoms with E-state index in [0.29, 0.717) is 0 Å². The Bertz CT molecular complexity index is 186. The molecule has 1 saturated heterocycles. The van der Waals surface area contributed by atoms with Crippen LogP contribution in [-0.2, 0) is 9.53 Å². The third kappa shape index (κ3) is 1.81. The molecule has 70 valence electrons. The zero-order valence-corrected chi connectivity index (χ0v) is 9.16. The third-order valence-corrected chi connectivity index (χ3v) is 3.23. The normalized spacial score (nSPS) is 38.0. The molecule has 2 N–H and O–H groups in total. The molecule has 0 saturated carbocycles. The highest BCUT2D eigenvalue weighted by Crippen LogP contribution is 2.24. The summed E-state index contributed by atoms with van der Waals surface area (Å²) in [6.45, 7) is 0. The van der Waals surface area contributed by atoms with Crippen LogP contribution in [-0.4, -0.2) is 44.7 Å². The summed E-state index contributed by atoms with van der Waals surface area (Å²) in [5.41, 5.74) is 0. The summed E-state index contributed by atoms with van der Waals surface area (Å²) >= 11 is 5.98. The molecule has 0 radical (unpaired) electrons. The second-order valence-corrected chi connectivity index (χ2v) is 4.15. The van der Waals surface area contributed by atoms with Crippen LogP contribution >= 0.6 is 31.9 Å². The van der Waals surface area contributed by atoms with Crippen LogP contribution in [0.15, 0.2) is 0 Å². The number of halogens is 2. The van der Waals surface area contributed by atoms with Gasteiger partial charge in [-0.2, -0.15) is 0 Å². The average molecular weight is 304 g/mol. The van der Waals surface area contributed by atoms with Crippen molar-refractivity contribution in [2.45, 2.75) is 23.1 Å². The van der Waals surface area contributed by atoms with Crippen molar-refractivity contribution in [3.05, 3.63) is 0 Å². The van der Waals surface area contributed by atoms with E-state index in [1.54, 1.807) is 0 Å². The molecular weight excluding hydrogens is 296 g/mol. The maximum absolute atomic E-state index is 10.9. The number of ether oxygens (including phenoxy) is 1. The molecule has 4 nitrogen and oxygen atoms in total. The number of hydrogen-bond donors (Lipinski definition) is 2. The Morgan fingerprint density at radius 2 is 2.25 bits per heavy atom. The summed E-state index contributed by atoms with van der Waals surface area (Å²) in [6, 6.07) is 0. The van der Waals surface area contributed by atoms with Gasteiger partial charge in [-0.25, -0.2) is 0 Å². The van der Waals surface area contributed by atoms with Gasteiger partial charge in [0.25, 0.3) is 0 Å². The number of carbonyl (C=O) groups excluding carboxylic acids is 1. The maximum atomic E-state index is 10.9. The Balaban J connectivity index is 2.64. The fourth-order valence-electron chi connectivity index (χ4n) is 0.969. The summed E-state index contributed by atoms with van der Waals surface area (Å²) in [6.07, 6.45) is -2.68. The Morgan fingerprint density at radius 1 is 1.67 bits per heavy atom. The van der Waals surface area contributed by atoms with E-state index in [4.69, 9.17) is 4.74 Å². The van der Waals surface area contributed by atoms with Crippen LogP contribution in [0.4, 0.5) is 0 Å². The molecule has 0 aromatic carbocycles. The Labute approximate surface area is 86.2 Å². The predicted molar refractivity (Wildman–Crippen MR) is 48.4 cm³/mol. The fraction of sp³-hybridized carbons (Fsp3) is 0.833. The number of alkyl halides is 2. The van der Waals surface area contributed by atoms with E-state index in [0.717, 1.165) is 0 Å². The third-order valence-electron chi connectivity index (χ3n) is 1.65. The van der Waals surface area contributed by atoms with Gasteiger partial charge in [-0.05, 0) is 0 Å². The molecule has 0 aromatic rings. The highest BCUT2D eigenvalue weighted by Gasteiger charge is 2.45. The van der Waals surface area contributed by atoms with E-state index in [1.807, 2.05) is 0 Å². The van der Waals surface area contributed by atoms with E-state index in [-0.39, 0.29) is 5.33 Å². The monoisotopic (exact) mass is 302 g/mol. The SMILES string of the molecule is O=C1O[C@H]([C@H](O)CBr)[C@@H](O)[C@@H]1Br. The summed E-state index contributed by atoms with van der Waals surface area (Å²) in [5, 5.41) is 18.9. The highest BCUT2D eigenvalue weighted by atomic mass is 79.9. The Hall–Kier alpha value is 0.350. The van der Waals surface area contributed by atoms with Crippen molar-refractivity contribution in [1.29, 1.82) is 0 Å². The van der Waals surface area contributed by atoms with Crippen molar-refractivity contribution in [3.8, 4) is 0 Å². The smallest absolute Gasteiger partial charge is 0.323 e. The molecule has 1 rings (SSSR count). The second-order valence-electron chi connectivity index (χ2n) is 2.52. The van der Waals surface area contributed by atoms with Crippen molar-refractivity contribution >= 4 is 37.8 Å². The number of carbonyl (C=O) groups is 1. The number of hydrogen-bond acceptors (Lipinski definition) is 4. The molecule has 12 heavy (non-hydrogen) atoms. The van der Waals surface area contributed by atoms with Crippen molar-refractivity contribution < 1.29 is 19.7 Å². The Morgan fingerprint density at radius 3 is 2.58 bits per heavy atom. The van der Waals surface area contributed by atoms with Gasteiger partial charge in [-0.3, -0.25) is 4.79 Å². The van der Waals surface area contributed by atoms with Crippen molar-refractivity contribution in [1.82, 2.24) is 0 Å². The number of cyclic esters (lactones) is 1. The highest BCUT2D eigenvalue weighted by molar-refractivity contribution is 9.10. The Kier molecular flexibility index (Phi) is 3.51. The lowest BCUT2D eigenvalue weighted by atomic mass is 10.1. The molecule has 0 bridgehead atoms. The minimum Gasteiger partial charge on any atom is -0.456 e. The molecule has 0 aliphatic carbocycles. The lowest BCUT2D eigenvalue weighted by Gasteiger charge is -2.17.